The van der Waals surface area contributed by atoms with Gasteiger partial charge in [-0.1, -0.05) is 13.3 Å². The smallest absolute Gasteiger partial charge is 0.0619 e. The topological polar surface area (TPSA) is 20.2 Å². The zero-order chi connectivity index (χ0) is 11.8. The maximum absolute atomic E-state index is 10.4. The molecule has 2 bridgehead atoms. The zero-order valence-corrected chi connectivity index (χ0v) is 11.4. The Kier molecular flexibility index (Phi) is 3.27. The Morgan fingerprint density at radius 1 is 1.29 bits per heavy atom. The maximum Gasteiger partial charge on any atom is 0.0619 e. The minimum absolute atomic E-state index is 0.0892. The molecule has 4 atom stereocenters. The van der Waals surface area contributed by atoms with E-state index in [9.17, 15) is 5.11 Å². The van der Waals surface area contributed by atoms with Crippen LogP contribution in [0.15, 0.2) is 12.1 Å². The lowest BCUT2D eigenvalue weighted by atomic mass is 9.83. The van der Waals surface area contributed by atoms with E-state index < -0.39 is 0 Å². The van der Waals surface area contributed by atoms with E-state index in [0.29, 0.717) is 5.92 Å². The summed E-state index contributed by atoms with van der Waals surface area (Å²) in [5.74, 6) is 2.37. The fourth-order valence-corrected chi connectivity index (χ4v) is 4.85. The number of rotatable bonds is 4. The molecule has 0 aliphatic heterocycles. The first-order valence-electron chi connectivity index (χ1n) is 7.02. The lowest BCUT2D eigenvalue weighted by Crippen LogP contribution is -2.27. The van der Waals surface area contributed by atoms with Crippen LogP contribution in [0.2, 0.25) is 0 Å². The summed E-state index contributed by atoms with van der Waals surface area (Å²) < 4.78 is 0. The second kappa shape index (κ2) is 4.74. The molecule has 2 aliphatic carbocycles. The molecule has 0 spiro atoms. The molecule has 4 unspecified atom stereocenters. The Balaban J connectivity index is 1.61. The van der Waals surface area contributed by atoms with Gasteiger partial charge in [0.05, 0.1) is 6.10 Å². The van der Waals surface area contributed by atoms with Crippen LogP contribution < -0.4 is 0 Å². The van der Waals surface area contributed by atoms with Gasteiger partial charge in [0.25, 0.3) is 0 Å². The van der Waals surface area contributed by atoms with E-state index in [-0.39, 0.29) is 6.10 Å². The van der Waals surface area contributed by atoms with Gasteiger partial charge in [-0.2, -0.15) is 0 Å². The summed E-state index contributed by atoms with van der Waals surface area (Å²) in [7, 11) is 0. The molecule has 0 radical (unpaired) electrons. The Labute approximate surface area is 108 Å². The second-order valence-corrected chi connectivity index (χ2v) is 7.08. The van der Waals surface area contributed by atoms with Gasteiger partial charge >= 0.3 is 0 Å². The van der Waals surface area contributed by atoms with Gasteiger partial charge in [0.2, 0.25) is 0 Å². The Hall–Kier alpha value is -0.340. The number of aliphatic hydroxyl groups excluding tert-OH is 1. The van der Waals surface area contributed by atoms with Gasteiger partial charge in [-0.05, 0) is 55.6 Å². The van der Waals surface area contributed by atoms with Crippen LogP contribution in [0.3, 0.4) is 0 Å². The van der Waals surface area contributed by atoms with Crippen molar-refractivity contribution in [1.82, 2.24) is 0 Å². The van der Waals surface area contributed by atoms with Crippen LogP contribution in [0.5, 0.6) is 0 Å². The van der Waals surface area contributed by atoms with Crippen LogP contribution in [0, 0.1) is 17.8 Å². The third kappa shape index (κ3) is 2.30. The van der Waals surface area contributed by atoms with Crippen molar-refractivity contribution in [2.45, 2.75) is 51.6 Å². The largest absolute Gasteiger partial charge is 0.392 e. The van der Waals surface area contributed by atoms with E-state index in [0.717, 1.165) is 24.7 Å². The average molecular weight is 250 g/mol. The SMILES string of the molecule is CCc1ccc(CC(O)C2CC3CCC2C3)s1. The summed E-state index contributed by atoms with van der Waals surface area (Å²) in [6.45, 7) is 2.20. The Morgan fingerprint density at radius 2 is 2.12 bits per heavy atom. The van der Waals surface area contributed by atoms with Crippen LogP contribution in [0.4, 0.5) is 0 Å². The molecule has 1 heterocycles. The van der Waals surface area contributed by atoms with Gasteiger partial charge in [-0.15, -0.1) is 11.3 Å². The van der Waals surface area contributed by atoms with Crippen molar-refractivity contribution in [3.63, 3.8) is 0 Å². The second-order valence-electron chi connectivity index (χ2n) is 5.83. The van der Waals surface area contributed by atoms with E-state index in [2.05, 4.69) is 19.1 Å². The van der Waals surface area contributed by atoms with Crippen LogP contribution >= 0.6 is 11.3 Å². The summed E-state index contributed by atoms with van der Waals surface area (Å²) in [5.41, 5.74) is 0. The van der Waals surface area contributed by atoms with Gasteiger partial charge < -0.3 is 5.11 Å². The predicted molar refractivity (Wildman–Crippen MR) is 72.3 cm³/mol. The van der Waals surface area contributed by atoms with Gasteiger partial charge in [0.1, 0.15) is 0 Å². The minimum atomic E-state index is -0.0892. The van der Waals surface area contributed by atoms with Crippen LogP contribution in [-0.4, -0.2) is 11.2 Å². The summed E-state index contributed by atoms with van der Waals surface area (Å²) in [5, 5.41) is 10.4. The lowest BCUT2D eigenvalue weighted by Gasteiger charge is -2.26. The monoisotopic (exact) mass is 250 g/mol. The van der Waals surface area contributed by atoms with Crippen LogP contribution in [0.1, 0.15) is 42.4 Å². The number of thiophene rings is 1. The number of hydrogen-bond donors (Lipinski definition) is 1. The van der Waals surface area contributed by atoms with E-state index in [1.165, 1.54) is 35.4 Å². The van der Waals surface area contributed by atoms with Crippen LogP contribution in [-0.2, 0) is 12.8 Å². The van der Waals surface area contributed by atoms with Crippen molar-refractivity contribution in [3.05, 3.63) is 21.9 Å². The number of hydrogen-bond acceptors (Lipinski definition) is 2. The van der Waals surface area contributed by atoms with Gasteiger partial charge in [0, 0.05) is 16.2 Å². The molecule has 2 saturated carbocycles. The zero-order valence-electron chi connectivity index (χ0n) is 10.6. The van der Waals surface area contributed by atoms with E-state index >= 15 is 0 Å². The van der Waals surface area contributed by atoms with Crippen molar-refractivity contribution in [2.24, 2.45) is 17.8 Å². The third-order valence-corrected chi connectivity index (χ3v) is 6.01. The Morgan fingerprint density at radius 3 is 2.71 bits per heavy atom. The summed E-state index contributed by atoms with van der Waals surface area (Å²) in [6, 6.07) is 4.42. The molecule has 1 N–H and O–H groups in total. The summed E-state index contributed by atoms with van der Waals surface area (Å²) in [4.78, 5) is 2.82. The molecular weight excluding hydrogens is 228 g/mol. The first-order chi connectivity index (χ1) is 8.26. The van der Waals surface area contributed by atoms with E-state index in [4.69, 9.17) is 0 Å². The van der Waals surface area contributed by atoms with Gasteiger partial charge in [0.15, 0.2) is 0 Å². The van der Waals surface area contributed by atoms with Crippen molar-refractivity contribution >= 4 is 11.3 Å². The van der Waals surface area contributed by atoms with E-state index in [1.54, 1.807) is 0 Å². The molecule has 0 amide bonds. The highest BCUT2D eigenvalue weighted by Crippen LogP contribution is 2.50. The average Bonchev–Trinajstić information content (AvgIpc) is 3.04. The predicted octanol–water partition coefficient (Wildman–Crippen LogP) is 3.65. The molecule has 1 aromatic heterocycles. The molecule has 3 rings (SSSR count). The first-order valence-corrected chi connectivity index (χ1v) is 7.83. The molecule has 0 saturated heterocycles. The van der Waals surface area contributed by atoms with Crippen molar-refractivity contribution < 1.29 is 5.11 Å². The normalized spacial score (nSPS) is 33.2. The maximum atomic E-state index is 10.4. The molecule has 2 heteroatoms. The minimum Gasteiger partial charge on any atom is -0.392 e. The quantitative estimate of drug-likeness (QED) is 0.865. The van der Waals surface area contributed by atoms with Gasteiger partial charge in [-0.25, -0.2) is 0 Å². The number of aliphatic hydroxyl groups is 1. The fraction of sp³-hybridized carbons (Fsp3) is 0.733. The van der Waals surface area contributed by atoms with Crippen LogP contribution in [0.25, 0.3) is 0 Å². The molecule has 2 aliphatic rings. The van der Waals surface area contributed by atoms with Crippen molar-refractivity contribution in [2.75, 3.05) is 0 Å². The summed E-state index contributed by atoms with van der Waals surface area (Å²) >= 11 is 1.88. The Bertz CT molecular complexity index is 384. The molecule has 17 heavy (non-hydrogen) atoms. The number of aryl methyl sites for hydroxylation is 1. The summed E-state index contributed by atoms with van der Waals surface area (Å²) in [6.07, 6.45) is 7.40. The molecule has 1 aromatic rings. The lowest BCUT2D eigenvalue weighted by molar-refractivity contribution is 0.0757. The van der Waals surface area contributed by atoms with E-state index in [1.807, 2.05) is 11.3 Å². The fourth-order valence-electron chi connectivity index (χ4n) is 3.84. The third-order valence-electron chi connectivity index (χ3n) is 4.76. The highest BCUT2D eigenvalue weighted by Gasteiger charge is 2.42. The van der Waals surface area contributed by atoms with Gasteiger partial charge in [-0.3, -0.25) is 0 Å². The first kappa shape index (κ1) is 11.7. The highest BCUT2D eigenvalue weighted by atomic mass is 32.1. The molecular formula is C15H22OS. The molecule has 2 fully saturated rings. The molecule has 1 nitrogen and oxygen atoms in total. The number of fused-ring (bicyclic) bond motifs is 2. The standard InChI is InChI=1S/C15H22OS/c1-2-12-5-6-13(17-12)9-15(16)14-8-10-3-4-11(14)7-10/h5-6,10-11,14-16H,2-4,7-9H2,1H3. The highest BCUT2D eigenvalue weighted by molar-refractivity contribution is 7.11. The van der Waals surface area contributed by atoms with Crippen molar-refractivity contribution in [1.29, 1.82) is 0 Å². The molecule has 0 aromatic carbocycles. The van der Waals surface area contributed by atoms with Crippen molar-refractivity contribution in [3.8, 4) is 0 Å². The molecule has 94 valence electrons.